The van der Waals surface area contributed by atoms with Crippen LogP contribution in [0.2, 0.25) is 0 Å². The zero-order chi connectivity index (χ0) is 13.7. The van der Waals surface area contributed by atoms with Crippen LogP contribution in [-0.2, 0) is 17.8 Å². The van der Waals surface area contributed by atoms with E-state index in [0.29, 0.717) is 6.04 Å². The van der Waals surface area contributed by atoms with Gasteiger partial charge in [-0.05, 0) is 31.5 Å². The molecule has 19 heavy (non-hydrogen) atoms. The van der Waals surface area contributed by atoms with Crippen molar-refractivity contribution < 1.29 is 9.15 Å². The number of ether oxygens (including phenoxy) is 1. The van der Waals surface area contributed by atoms with Crippen LogP contribution in [-0.4, -0.2) is 37.2 Å². The van der Waals surface area contributed by atoms with Gasteiger partial charge in [-0.1, -0.05) is 13.8 Å². The lowest BCUT2D eigenvalue weighted by atomic mass is 10.1. The summed E-state index contributed by atoms with van der Waals surface area (Å²) in [4.78, 5) is 2.47. The molecule has 1 aliphatic rings. The maximum absolute atomic E-state index is 5.97. The first kappa shape index (κ1) is 14.6. The van der Waals surface area contributed by atoms with Crippen molar-refractivity contribution in [3.63, 3.8) is 0 Å². The molecule has 0 amide bonds. The average molecular weight is 266 g/mol. The van der Waals surface area contributed by atoms with Crippen molar-refractivity contribution in [2.75, 3.05) is 26.3 Å². The van der Waals surface area contributed by atoms with Crippen molar-refractivity contribution in [2.24, 2.45) is 0 Å². The topological polar surface area (TPSA) is 37.6 Å². The number of furan rings is 1. The summed E-state index contributed by atoms with van der Waals surface area (Å²) >= 11 is 0. The van der Waals surface area contributed by atoms with Gasteiger partial charge in [-0.3, -0.25) is 4.90 Å². The Hall–Kier alpha value is -0.840. The Morgan fingerprint density at radius 2 is 2.26 bits per heavy atom. The van der Waals surface area contributed by atoms with Crippen molar-refractivity contribution in [1.82, 2.24) is 10.2 Å². The molecule has 2 rings (SSSR count). The smallest absolute Gasteiger partial charge is 0.120 e. The molecule has 108 valence electrons. The van der Waals surface area contributed by atoms with Gasteiger partial charge in [-0.15, -0.1) is 0 Å². The lowest BCUT2D eigenvalue weighted by molar-refractivity contribution is -0.0155. The highest BCUT2D eigenvalue weighted by Crippen LogP contribution is 2.19. The number of aryl methyl sites for hydroxylation is 1. The summed E-state index contributed by atoms with van der Waals surface area (Å²) in [6.07, 6.45) is 1.13. The summed E-state index contributed by atoms with van der Waals surface area (Å²) in [6.45, 7) is 11.8. The zero-order valence-corrected chi connectivity index (χ0v) is 12.4. The number of hydrogen-bond acceptors (Lipinski definition) is 4. The standard InChI is InChI=1S/C15H26N2O2/c1-4-13-11-18-7-6-17(13)10-14-8-12(3)15(19-14)9-16-5-2/h8,13,16H,4-7,9-11H2,1-3H3. The van der Waals surface area contributed by atoms with Crippen LogP contribution < -0.4 is 5.32 Å². The van der Waals surface area contributed by atoms with Crippen LogP contribution in [0.1, 0.15) is 37.4 Å². The van der Waals surface area contributed by atoms with Crippen molar-refractivity contribution in [3.8, 4) is 0 Å². The van der Waals surface area contributed by atoms with Crippen LogP contribution in [0.25, 0.3) is 0 Å². The van der Waals surface area contributed by atoms with E-state index in [4.69, 9.17) is 9.15 Å². The molecule has 0 radical (unpaired) electrons. The molecule has 1 unspecified atom stereocenters. The maximum Gasteiger partial charge on any atom is 0.120 e. The van der Waals surface area contributed by atoms with E-state index in [-0.39, 0.29) is 0 Å². The van der Waals surface area contributed by atoms with Gasteiger partial charge in [0.1, 0.15) is 11.5 Å². The number of hydrogen-bond donors (Lipinski definition) is 1. The first-order chi connectivity index (χ1) is 9.24. The minimum Gasteiger partial charge on any atom is -0.463 e. The van der Waals surface area contributed by atoms with Gasteiger partial charge < -0.3 is 14.5 Å². The number of morpholine rings is 1. The fourth-order valence-electron chi connectivity index (χ4n) is 2.56. The van der Waals surface area contributed by atoms with Gasteiger partial charge in [0, 0.05) is 12.6 Å². The Kier molecular flexibility index (Phi) is 5.43. The molecular weight excluding hydrogens is 240 g/mol. The van der Waals surface area contributed by atoms with Crippen LogP contribution >= 0.6 is 0 Å². The van der Waals surface area contributed by atoms with E-state index in [1.807, 2.05) is 0 Å². The molecule has 1 saturated heterocycles. The summed E-state index contributed by atoms with van der Waals surface area (Å²) in [5, 5.41) is 3.31. The highest BCUT2D eigenvalue weighted by atomic mass is 16.5. The van der Waals surface area contributed by atoms with Gasteiger partial charge in [0.2, 0.25) is 0 Å². The molecular formula is C15H26N2O2. The van der Waals surface area contributed by atoms with E-state index in [1.165, 1.54) is 5.56 Å². The first-order valence-corrected chi connectivity index (χ1v) is 7.35. The molecule has 0 bridgehead atoms. The molecule has 0 aliphatic carbocycles. The average Bonchev–Trinajstić information content (AvgIpc) is 2.77. The molecule has 1 aliphatic heterocycles. The molecule has 0 saturated carbocycles. The molecule has 4 nitrogen and oxygen atoms in total. The fraction of sp³-hybridized carbons (Fsp3) is 0.733. The van der Waals surface area contributed by atoms with Crippen LogP contribution in [0, 0.1) is 6.92 Å². The van der Waals surface area contributed by atoms with Crippen LogP contribution in [0.3, 0.4) is 0 Å². The highest BCUT2D eigenvalue weighted by molar-refractivity contribution is 5.20. The largest absolute Gasteiger partial charge is 0.463 e. The van der Waals surface area contributed by atoms with E-state index in [0.717, 1.165) is 57.3 Å². The molecule has 1 aromatic heterocycles. The van der Waals surface area contributed by atoms with Gasteiger partial charge in [-0.2, -0.15) is 0 Å². The lowest BCUT2D eigenvalue weighted by Crippen LogP contribution is -2.44. The molecule has 1 fully saturated rings. The minimum atomic E-state index is 0.524. The molecule has 0 spiro atoms. The maximum atomic E-state index is 5.97. The Morgan fingerprint density at radius 1 is 1.42 bits per heavy atom. The van der Waals surface area contributed by atoms with Gasteiger partial charge in [0.05, 0.1) is 26.3 Å². The highest BCUT2D eigenvalue weighted by Gasteiger charge is 2.22. The first-order valence-electron chi connectivity index (χ1n) is 7.35. The number of nitrogens with zero attached hydrogens (tertiary/aromatic N) is 1. The van der Waals surface area contributed by atoms with E-state index in [1.54, 1.807) is 0 Å². The lowest BCUT2D eigenvalue weighted by Gasteiger charge is -2.34. The SMILES string of the molecule is CCNCc1oc(CN2CCOCC2CC)cc1C. The van der Waals surface area contributed by atoms with Crippen molar-refractivity contribution in [2.45, 2.75) is 46.3 Å². The summed E-state index contributed by atoms with van der Waals surface area (Å²) in [7, 11) is 0. The van der Waals surface area contributed by atoms with Crippen LogP contribution in [0.5, 0.6) is 0 Å². The van der Waals surface area contributed by atoms with E-state index in [9.17, 15) is 0 Å². The molecule has 0 aromatic carbocycles. The second-order valence-corrected chi connectivity index (χ2v) is 5.21. The van der Waals surface area contributed by atoms with E-state index >= 15 is 0 Å². The molecule has 1 aromatic rings. The molecule has 1 N–H and O–H groups in total. The molecule has 4 heteroatoms. The zero-order valence-electron chi connectivity index (χ0n) is 12.4. The second kappa shape index (κ2) is 7.08. The normalized spacial score (nSPS) is 20.9. The van der Waals surface area contributed by atoms with Crippen molar-refractivity contribution >= 4 is 0 Å². The molecule has 2 heterocycles. The predicted octanol–water partition coefficient (Wildman–Crippen LogP) is 2.31. The Labute approximate surface area is 116 Å². The minimum absolute atomic E-state index is 0.524. The fourth-order valence-corrected chi connectivity index (χ4v) is 2.56. The monoisotopic (exact) mass is 266 g/mol. The summed E-state index contributed by atoms with van der Waals surface area (Å²) < 4.78 is 11.5. The van der Waals surface area contributed by atoms with Gasteiger partial charge in [-0.25, -0.2) is 0 Å². The van der Waals surface area contributed by atoms with Gasteiger partial charge in [0.25, 0.3) is 0 Å². The van der Waals surface area contributed by atoms with E-state index in [2.05, 4.69) is 37.1 Å². The third-order valence-corrected chi connectivity index (χ3v) is 3.79. The summed E-state index contributed by atoms with van der Waals surface area (Å²) in [5.41, 5.74) is 1.25. The molecule has 1 atom stereocenters. The second-order valence-electron chi connectivity index (χ2n) is 5.21. The van der Waals surface area contributed by atoms with Crippen molar-refractivity contribution in [1.29, 1.82) is 0 Å². The van der Waals surface area contributed by atoms with Gasteiger partial charge in [0.15, 0.2) is 0 Å². The Morgan fingerprint density at radius 3 is 3.00 bits per heavy atom. The van der Waals surface area contributed by atoms with Crippen LogP contribution in [0.4, 0.5) is 0 Å². The van der Waals surface area contributed by atoms with Crippen molar-refractivity contribution in [3.05, 3.63) is 23.2 Å². The van der Waals surface area contributed by atoms with Gasteiger partial charge >= 0.3 is 0 Å². The third-order valence-electron chi connectivity index (χ3n) is 3.79. The van der Waals surface area contributed by atoms with Crippen LogP contribution in [0.15, 0.2) is 10.5 Å². The number of nitrogens with one attached hydrogen (secondary N) is 1. The van der Waals surface area contributed by atoms with E-state index < -0.39 is 0 Å². The Bertz CT molecular complexity index is 389. The Balaban J connectivity index is 1.97. The summed E-state index contributed by atoms with van der Waals surface area (Å²) in [6, 6.07) is 2.70. The predicted molar refractivity (Wildman–Crippen MR) is 76.1 cm³/mol. The third kappa shape index (κ3) is 3.81. The summed E-state index contributed by atoms with van der Waals surface area (Å²) in [5.74, 6) is 2.14. The number of rotatable bonds is 6. The quantitative estimate of drug-likeness (QED) is 0.857.